The molecule has 0 radical (unpaired) electrons. The number of carbonyl (C=O) groups excluding carboxylic acids is 1. The Morgan fingerprint density at radius 2 is 2.27 bits per heavy atom. The Morgan fingerprint density at radius 3 is 2.91 bits per heavy atom. The van der Waals surface area contributed by atoms with Crippen LogP contribution in [-0.4, -0.2) is 30.1 Å². The molecule has 1 fully saturated rings. The van der Waals surface area contributed by atoms with E-state index in [1.165, 1.54) is 0 Å². The van der Waals surface area contributed by atoms with Crippen molar-refractivity contribution in [1.29, 1.82) is 5.26 Å². The molecular formula is C16H21N3O3. The maximum atomic E-state index is 11.9. The molecule has 22 heavy (non-hydrogen) atoms. The predicted molar refractivity (Wildman–Crippen MR) is 81.6 cm³/mol. The average molecular weight is 303 g/mol. The summed E-state index contributed by atoms with van der Waals surface area (Å²) >= 11 is 0. The zero-order valence-corrected chi connectivity index (χ0v) is 13.0. The molecule has 1 aliphatic rings. The van der Waals surface area contributed by atoms with E-state index >= 15 is 0 Å². The molecular weight excluding hydrogens is 282 g/mol. The molecule has 0 saturated carbocycles. The molecule has 1 atom stereocenters. The van der Waals surface area contributed by atoms with Crippen molar-refractivity contribution >= 4 is 5.91 Å². The van der Waals surface area contributed by atoms with E-state index in [2.05, 4.69) is 10.3 Å². The SMILES string of the molecule is Cc1[nH]c(=O)c(C#N)c(C)c1CCC(=O)NCC1CCCO1. The van der Waals surface area contributed by atoms with E-state index in [0.717, 1.165) is 25.0 Å². The summed E-state index contributed by atoms with van der Waals surface area (Å²) in [6, 6.07) is 1.92. The van der Waals surface area contributed by atoms with E-state index in [1.807, 2.05) is 6.07 Å². The van der Waals surface area contributed by atoms with Gasteiger partial charge in [0.25, 0.3) is 5.56 Å². The Hall–Kier alpha value is -2.13. The van der Waals surface area contributed by atoms with Crippen LogP contribution in [0.3, 0.4) is 0 Å². The third kappa shape index (κ3) is 3.74. The number of hydrogen-bond acceptors (Lipinski definition) is 4. The van der Waals surface area contributed by atoms with Crippen LogP contribution in [0, 0.1) is 25.2 Å². The predicted octanol–water partition coefficient (Wildman–Crippen LogP) is 1.09. The highest BCUT2D eigenvalue weighted by molar-refractivity contribution is 5.76. The first-order chi connectivity index (χ1) is 10.5. The van der Waals surface area contributed by atoms with Gasteiger partial charge in [0.15, 0.2) is 0 Å². The molecule has 2 heterocycles. The van der Waals surface area contributed by atoms with Crippen LogP contribution in [0.5, 0.6) is 0 Å². The van der Waals surface area contributed by atoms with Crippen LogP contribution in [0.15, 0.2) is 4.79 Å². The third-order valence-electron chi connectivity index (χ3n) is 4.07. The molecule has 0 aliphatic carbocycles. The second-order valence-corrected chi connectivity index (χ2v) is 5.61. The van der Waals surface area contributed by atoms with Crippen LogP contribution in [0.2, 0.25) is 0 Å². The molecule has 118 valence electrons. The molecule has 1 amide bonds. The van der Waals surface area contributed by atoms with Crippen LogP contribution in [0.1, 0.15) is 41.6 Å². The molecule has 0 spiro atoms. The summed E-state index contributed by atoms with van der Waals surface area (Å²) in [5.74, 6) is -0.0426. The number of aromatic amines is 1. The largest absolute Gasteiger partial charge is 0.376 e. The maximum absolute atomic E-state index is 11.9. The van der Waals surface area contributed by atoms with Gasteiger partial charge in [-0.1, -0.05) is 0 Å². The Morgan fingerprint density at radius 1 is 1.50 bits per heavy atom. The highest BCUT2D eigenvalue weighted by Gasteiger charge is 2.17. The molecule has 1 aliphatic heterocycles. The summed E-state index contributed by atoms with van der Waals surface area (Å²) in [5.41, 5.74) is 2.00. The normalized spacial score (nSPS) is 17.2. The first-order valence-corrected chi connectivity index (χ1v) is 7.53. The number of hydrogen-bond donors (Lipinski definition) is 2. The molecule has 1 aromatic rings. The molecule has 2 N–H and O–H groups in total. The van der Waals surface area contributed by atoms with Gasteiger partial charge < -0.3 is 15.0 Å². The van der Waals surface area contributed by atoms with Gasteiger partial charge >= 0.3 is 0 Å². The number of aryl methyl sites for hydroxylation is 1. The average Bonchev–Trinajstić information content (AvgIpc) is 2.98. The summed E-state index contributed by atoms with van der Waals surface area (Å²) in [7, 11) is 0. The highest BCUT2D eigenvalue weighted by atomic mass is 16.5. The topological polar surface area (TPSA) is 95.0 Å². The van der Waals surface area contributed by atoms with Gasteiger partial charge in [-0.3, -0.25) is 9.59 Å². The first-order valence-electron chi connectivity index (χ1n) is 7.53. The summed E-state index contributed by atoms with van der Waals surface area (Å²) in [6.07, 6.45) is 2.99. The van der Waals surface area contributed by atoms with E-state index in [1.54, 1.807) is 13.8 Å². The van der Waals surface area contributed by atoms with E-state index < -0.39 is 0 Å². The monoisotopic (exact) mass is 303 g/mol. The van der Waals surface area contributed by atoms with Crippen molar-refractivity contribution in [3.8, 4) is 6.07 Å². The Labute approximate surface area is 129 Å². The first kappa shape index (κ1) is 16.2. The quantitative estimate of drug-likeness (QED) is 0.851. The third-order valence-corrected chi connectivity index (χ3v) is 4.07. The number of aromatic nitrogens is 1. The fraction of sp³-hybridized carbons (Fsp3) is 0.562. The smallest absolute Gasteiger partial charge is 0.266 e. The van der Waals surface area contributed by atoms with Gasteiger partial charge in [0.1, 0.15) is 11.6 Å². The van der Waals surface area contributed by atoms with Gasteiger partial charge in [-0.15, -0.1) is 0 Å². The second-order valence-electron chi connectivity index (χ2n) is 5.61. The van der Waals surface area contributed by atoms with Gasteiger partial charge in [-0.05, 0) is 44.2 Å². The van der Waals surface area contributed by atoms with Crippen molar-refractivity contribution in [2.45, 2.75) is 45.6 Å². The molecule has 0 aromatic carbocycles. The molecule has 6 heteroatoms. The molecule has 0 bridgehead atoms. The molecule has 6 nitrogen and oxygen atoms in total. The minimum atomic E-state index is -0.371. The zero-order valence-electron chi connectivity index (χ0n) is 13.0. The summed E-state index contributed by atoms with van der Waals surface area (Å²) in [6.45, 7) is 4.86. The lowest BCUT2D eigenvalue weighted by atomic mass is 9.99. The molecule has 2 rings (SSSR count). The number of carbonyl (C=O) groups is 1. The van der Waals surface area contributed by atoms with Gasteiger partial charge in [0.2, 0.25) is 5.91 Å². The molecule has 1 unspecified atom stereocenters. The summed E-state index contributed by atoms with van der Waals surface area (Å²) in [4.78, 5) is 26.2. The minimum absolute atomic E-state index is 0.0426. The van der Waals surface area contributed by atoms with Crippen LogP contribution in [0.25, 0.3) is 0 Å². The van der Waals surface area contributed by atoms with Crippen molar-refractivity contribution < 1.29 is 9.53 Å². The van der Waals surface area contributed by atoms with Crippen molar-refractivity contribution in [2.24, 2.45) is 0 Å². The Kier molecular flexibility index (Phi) is 5.34. The van der Waals surface area contributed by atoms with Crippen molar-refractivity contribution in [3.63, 3.8) is 0 Å². The van der Waals surface area contributed by atoms with E-state index in [-0.39, 0.29) is 23.1 Å². The lowest BCUT2D eigenvalue weighted by molar-refractivity contribution is -0.121. The number of rotatable bonds is 5. The lowest BCUT2D eigenvalue weighted by Crippen LogP contribution is -2.32. The van der Waals surface area contributed by atoms with E-state index in [9.17, 15) is 9.59 Å². The number of pyridine rings is 1. The number of nitriles is 1. The second kappa shape index (κ2) is 7.23. The van der Waals surface area contributed by atoms with Crippen LogP contribution in [-0.2, 0) is 16.0 Å². The minimum Gasteiger partial charge on any atom is -0.376 e. The van der Waals surface area contributed by atoms with Crippen LogP contribution in [0.4, 0.5) is 0 Å². The van der Waals surface area contributed by atoms with Crippen LogP contribution >= 0.6 is 0 Å². The van der Waals surface area contributed by atoms with Crippen LogP contribution < -0.4 is 10.9 Å². The summed E-state index contributed by atoms with van der Waals surface area (Å²) in [5, 5.41) is 11.9. The Balaban J connectivity index is 1.95. The number of H-pyrrole nitrogens is 1. The van der Waals surface area contributed by atoms with Gasteiger partial charge in [0, 0.05) is 25.3 Å². The standard InChI is InChI=1S/C16H21N3O3/c1-10-13(11(2)19-16(21)14(10)8-17)5-6-15(20)18-9-12-4-3-7-22-12/h12H,3-7,9H2,1-2H3,(H,18,20)(H,19,21). The van der Waals surface area contributed by atoms with Crippen molar-refractivity contribution in [3.05, 3.63) is 32.7 Å². The zero-order chi connectivity index (χ0) is 16.1. The van der Waals surface area contributed by atoms with Crippen molar-refractivity contribution in [1.82, 2.24) is 10.3 Å². The number of nitrogens with one attached hydrogen (secondary N) is 2. The van der Waals surface area contributed by atoms with E-state index in [4.69, 9.17) is 10.00 Å². The Bertz CT molecular complexity index is 652. The van der Waals surface area contributed by atoms with Gasteiger partial charge in [-0.2, -0.15) is 5.26 Å². The maximum Gasteiger partial charge on any atom is 0.266 e. The van der Waals surface area contributed by atoms with Gasteiger partial charge in [-0.25, -0.2) is 0 Å². The molecule has 1 aromatic heterocycles. The fourth-order valence-electron chi connectivity index (χ4n) is 2.78. The number of nitrogens with zero attached hydrogens (tertiary/aromatic N) is 1. The highest BCUT2D eigenvalue weighted by Crippen LogP contribution is 2.15. The lowest BCUT2D eigenvalue weighted by Gasteiger charge is -2.12. The fourth-order valence-corrected chi connectivity index (χ4v) is 2.78. The number of ether oxygens (including phenoxy) is 1. The van der Waals surface area contributed by atoms with Gasteiger partial charge in [0.05, 0.1) is 6.10 Å². The van der Waals surface area contributed by atoms with E-state index in [0.29, 0.717) is 30.6 Å². The van der Waals surface area contributed by atoms with Crippen molar-refractivity contribution in [2.75, 3.05) is 13.2 Å². The number of amides is 1. The summed E-state index contributed by atoms with van der Waals surface area (Å²) < 4.78 is 5.46. The molecule has 1 saturated heterocycles.